The van der Waals surface area contributed by atoms with Crippen LogP contribution in [0.4, 0.5) is 5.69 Å². The van der Waals surface area contributed by atoms with E-state index in [0.29, 0.717) is 6.42 Å². The van der Waals surface area contributed by atoms with Crippen LogP contribution < -0.4 is 15.0 Å². The van der Waals surface area contributed by atoms with Crippen molar-refractivity contribution in [2.45, 2.75) is 32.7 Å². The van der Waals surface area contributed by atoms with Crippen molar-refractivity contribution in [2.75, 3.05) is 18.6 Å². The molecule has 0 radical (unpaired) electrons. The van der Waals surface area contributed by atoms with E-state index in [4.69, 9.17) is 4.74 Å². The summed E-state index contributed by atoms with van der Waals surface area (Å²) in [5, 5.41) is 2.75. The van der Waals surface area contributed by atoms with Gasteiger partial charge in [-0.3, -0.25) is 9.59 Å². The van der Waals surface area contributed by atoms with E-state index < -0.39 is 6.04 Å². The number of methoxy groups -OCH3 is 1. The van der Waals surface area contributed by atoms with Crippen LogP contribution in [0.3, 0.4) is 0 Å². The molecular formula is C15H20N2O3. The Kier molecular flexibility index (Phi) is 4.27. The molecule has 0 aromatic heterocycles. The molecule has 1 aromatic carbocycles. The lowest BCUT2D eigenvalue weighted by Crippen LogP contribution is -2.58. The summed E-state index contributed by atoms with van der Waals surface area (Å²) < 4.78 is 5.16. The van der Waals surface area contributed by atoms with Crippen LogP contribution in [0.5, 0.6) is 5.75 Å². The average Bonchev–Trinajstić information content (AvgIpc) is 2.43. The molecule has 0 spiro atoms. The van der Waals surface area contributed by atoms with Crippen molar-refractivity contribution in [1.29, 1.82) is 0 Å². The van der Waals surface area contributed by atoms with Gasteiger partial charge in [0.2, 0.25) is 11.8 Å². The van der Waals surface area contributed by atoms with Crippen molar-refractivity contribution in [2.24, 2.45) is 0 Å². The minimum atomic E-state index is -0.414. The van der Waals surface area contributed by atoms with Gasteiger partial charge < -0.3 is 15.0 Å². The second kappa shape index (κ2) is 5.94. The van der Waals surface area contributed by atoms with E-state index in [9.17, 15) is 9.59 Å². The molecule has 1 aliphatic rings. The Morgan fingerprint density at radius 2 is 2.15 bits per heavy atom. The van der Waals surface area contributed by atoms with Crippen molar-refractivity contribution < 1.29 is 14.3 Å². The number of carbonyl (C=O) groups excluding carboxylic acids is 2. The minimum absolute atomic E-state index is 0.0419. The number of piperazine rings is 1. The van der Waals surface area contributed by atoms with Gasteiger partial charge in [-0.25, -0.2) is 0 Å². The number of nitrogens with one attached hydrogen (secondary N) is 1. The van der Waals surface area contributed by atoms with E-state index in [2.05, 4.69) is 5.32 Å². The molecule has 0 bridgehead atoms. The second-order valence-electron chi connectivity index (χ2n) is 4.99. The quantitative estimate of drug-likeness (QED) is 0.909. The van der Waals surface area contributed by atoms with E-state index in [1.165, 1.54) is 0 Å². The van der Waals surface area contributed by atoms with E-state index in [0.717, 1.165) is 23.4 Å². The highest BCUT2D eigenvalue weighted by atomic mass is 16.5. The molecule has 0 aliphatic carbocycles. The number of rotatable bonds is 4. The van der Waals surface area contributed by atoms with Crippen LogP contribution in [0, 0.1) is 6.92 Å². The van der Waals surface area contributed by atoms with Crippen molar-refractivity contribution >= 4 is 17.5 Å². The summed E-state index contributed by atoms with van der Waals surface area (Å²) in [5.74, 6) is 0.586. The number of ether oxygens (including phenoxy) is 1. The van der Waals surface area contributed by atoms with Crippen LogP contribution in [0.25, 0.3) is 0 Å². The van der Waals surface area contributed by atoms with Crippen LogP contribution in [0.2, 0.25) is 0 Å². The molecule has 1 aromatic rings. The molecule has 1 unspecified atom stereocenters. The average molecular weight is 276 g/mol. The van der Waals surface area contributed by atoms with E-state index >= 15 is 0 Å². The summed E-state index contributed by atoms with van der Waals surface area (Å²) in [6, 6.07) is 5.08. The fraction of sp³-hybridized carbons (Fsp3) is 0.467. The van der Waals surface area contributed by atoms with Gasteiger partial charge in [0.25, 0.3) is 0 Å². The summed E-state index contributed by atoms with van der Waals surface area (Å²) in [4.78, 5) is 25.8. The van der Waals surface area contributed by atoms with Gasteiger partial charge in [0.15, 0.2) is 0 Å². The predicted octanol–water partition coefficient (Wildman–Crippen LogP) is 1.64. The summed E-state index contributed by atoms with van der Waals surface area (Å²) in [6.45, 7) is 3.98. The minimum Gasteiger partial charge on any atom is -0.497 e. The second-order valence-corrected chi connectivity index (χ2v) is 4.99. The molecular weight excluding hydrogens is 256 g/mol. The number of benzene rings is 1. The number of aryl methyl sites for hydroxylation is 1. The van der Waals surface area contributed by atoms with Crippen LogP contribution >= 0.6 is 0 Å². The molecule has 108 valence electrons. The third-order valence-electron chi connectivity index (χ3n) is 3.47. The first-order valence-electron chi connectivity index (χ1n) is 6.82. The molecule has 1 heterocycles. The monoisotopic (exact) mass is 276 g/mol. The zero-order chi connectivity index (χ0) is 14.7. The lowest BCUT2D eigenvalue weighted by molar-refractivity contribution is -0.131. The van der Waals surface area contributed by atoms with Crippen LogP contribution in [-0.4, -0.2) is 31.5 Å². The van der Waals surface area contributed by atoms with Crippen molar-refractivity contribution in [3.05, 3.63) is 23.8 Å². The zero-order valence-electron chi connectivity index (χ0n) is 12.1. The smallest absolute Gasteiger partial charge is 0.250 e. The Morgan fingerprint density at radius 3 is 2.75 bits per heavy atom. The maximum absolute atomic E-state index is 12.4. The van der Waals surface area contributed by atoms with Crippen molar-refractivity contribution in [3.63, 3.8) is 0 Å². The summed E-state index contributed by atoms with van der Waals surface area (Å²) >= 11 is 0. The number of hydrogen-bond acceptors (Lipinski definition) is 3. The summed E-state index contributed by atoms with van der Waals surface area (Å²) in [5.41, 5.74) is 1.69. The lowest BCUT2D eigenvalue weighted by Gasteiger charge is -2.33. The van der Waals surface area contributed by atoms with Gasteiger partial charge in [0, 0.05) is 5.69 Å². The van der Waals surface area contributed by atoms with E-state index in [1.54, 1.807) is 18.1 Å². The predicted molar refractivity (Wildman–Crippen MR) is 76.9 cm³/mol. The first-order valence-corrected chi connectivity index (χ1v) is 6.82. The fourth-order valence-corrected chi connectivity index (χ4v) is 2.46. The third kappa shape index (κ3) is 2.76. The molecule has 1 fully saturated rings. The Bertz CT molecular complexity index is 528. The molecule has 1 aliphatic heterocycles. The number of hydrogen-bond donors (Lipinski definition) is 1. The molecule has 2 amide bonds. The van der Waals surface area contributed by atoms with E-state index in [-0.39, 0.29) is 18.4 Å². The molecule has 5 heteroatoms. The van der Waals surface area contributed by atoms with Crippen molar-refractivity contribution in [1.82, 2.24) is 5.32 Å². The maximum Gasteiger partial charge on any atom is 0.250 e. The van der Waals surface area contributed by atoms with Gasteiger partial charge in [-0.1, -0.05) is 13.3 Å². The van der Waals surface area contributed by atoms with Gasteiger partial charge in [0.1, 0.15) is 18.3 Å². The molecule has 5 nitrogen and oxygen atoms in total. The zero-order valence-corrected chi connectivity index (χ0v) is 12.1. The highest BCUT2D eigenvalue weighted by Gasteiger charge is 2.33. The summed E-state index contributed by atoms with van der Waals surface area (Å²) in [6.07, 6.45) is 1.52. The molecule has 0 saturated carbocycles. The number of nitrogens with zero attached hydrogens (tertiary/aromatic N) is 1. The van der Waals surface area contributed by atoms with Gasteiger partial charge in [-0.15, -0.1) is 0 Å². The standard InChI is InChI=1S/C15H20N2O3/c1-4-5-12-15(19)17(9-14(18)16-12)13-7-6-11(20-3)8-10(13)2/h6-8,12H,4-5,9H2,1-3H3,(H,16,18). The number of carbonyl (C=O) groups is 2. The van der Waals surface area contributed by atoms with Gasteiger partial charge in [-0.05, 0) is 37.1 Å². The van der Waals surface area contributed by atoms with Gasteiger partial charge in [0.05, 0.1) is 7.11 Å². The SMILES string of the molecule is CCCC1NC(=O)CN(c2ccc(OC)cc2C)C1=O. The van der Waals surface area contributed by atoms with Gasteiger partial charge in [-0.2, -0.15) is 0 Å². The Balaban J connectivity index is 2.30. The highest BCUT2D eigenvalue weighted by molar-refractivity contribution is 6.06. The van der Waals surface area contributed by atoms with Crippen LogP contribution in [0.1, 0.15) is 25.3 Å². The molecule has 1 atom stereocenters. The normalized spacial score (nSPS) is 18.9. The molecule has 2 rings (SSSR count). The third-order valence-corrected chi connectivity index (χ3v) is 3.47. The number of amides is 2. The van der Waals surface area contributed by atoms with E-state index in [1.807, 2.05) is 26.0 Å². The van der Waals surface area contributed by atoms with Gasteiger partial charge >= 0.3 is 0 Å². The molecule has 20 heavy (non-hydrogen) atoms. The Hall–Kier alpha value is -2.04. The maximum atomic E-state index is 12.4. The Labute approximate surface area is 118 Å². The number of anilines is 1. The highest BCUT2D eigenvalue weighted by Crippen LogP contribution is 2.26. The summed E-state index contributed by atoms with van der Waals surface area (Å²) in [7, 11) is 1.60. The molecule has 1 N–H and O–H groups in total. The lowest BCUT2D eigenvalue weighted by atomic mass is 10.1. The molecule has 1 saturated heterocycles. The van der Waals surface area contributed by atoms with Crippen molar-refractivity contribution in [3.8, 4) is 5.75 Å². The first-order chi connectivity index (χ1) is 9.56. The first kappa shape index (κ1) is 14.4. The van der Waals surface area contributed by atoms with Crippen LogP contribution in [0.15, 0.2) is 18.2 Å². The van der Waals surface area contributed by atoms with Crippen LogP contribution in [-0.2, 0) is 9.59 Å². The fourth-order valence-electron chi connectivity index (χ4n) is 2.46. The Morgan fingerprint density at radius 1 is 1.40 bits per heavy atom. The largest absolute Gasteiger partial charge is 0.497 e. The topological polar surface area (TPSA) is 58.6 Å².